The Hall–Kier alpha value is -2.99. The minimum atomic E-state index is -3.43. The Balaban J connectivity index is 0.00000481. The number of benzene rings is 1. The molecule has 1 aliphatic heterocycles. The molecule has 0 spiro atoms. The fourth-order valence-corrected chi connectivity index (χ4v) is 4.29. The van der Waals surface area contributed by atoms with Gasteiger partial charge in [-0.25, -0.2) is 18.2 Å². The number of carbonyl (C=O) groups excluding carboxylic acids is 1. The van der Waals surface area contributed by atoms with Crippen molar-refractivity contribution in [3.63, 3.8) is 0 Å². The van der Waals surface area contributed by atoms with Crippen molar-refractivity contribution in [1.29, 1.82) is 5.41 Å². The van der Waals surface area contributed by atoms with Crippen molar-refractivity contribution in [2.45, 2.75) is 46.1 Å². The van der Waals surface area contributed by atoms with Gasteiger partial charge in [0.2, 0.25) is 0 Å². The molecule has 0 fully saturated rings. The summed E-state index contributed by atoms with van der Waals surface area (Å²) in [6.07, 6.45) is 1.81. The van der Waals surface area contributed by atoms with Gasteiger partial charge in [0.1, 0.15) is 23.2 Å². The van der Waals surface area contributed by atoms with E-state index in [9.17, 15) is 18.0 Å². The normalized spacial score (nSPS) is 13.1. The number of halogens is 1. The number of ketones is 1. The van der Waals surface area contributed by atoms with E-state index in [1.165, 1.54) is 6.07 Å². The van der Waals surface area contributed by atoms with Crippen LogP contribution in [0.1, 0.15) is 60.6 Å². The molecule has 0 amide bonds. The molecule has 0 aliphatic carbocycles. The maximum Gasteiger partial charge on any atom is 0.341 e. The van der Waals surface area contributed by atoms with Gasteiger partial charge < -0.3 is 20.1 Å². The predicted octanol–water partition coefficient (Wildman–Crippen LogP) is 3.42. The van der Waals surface area contributed by atoms with Crippen molar-refractivity contribution in [3.8, 4) is 5.75 Å². The first-order valence-electron chi connectivity index (χ1n) is 11.5. The number of Topliss-reactive ketones (excluding diaryl/α,β-unsaturated/α-hetero) is 1. The molecular formula is C25H33BrN4O6S. The zero-order valence-corrected chi connectivity index (χ0v) is 24.1. The van der Waals surface area contributed by atoms with E-state index in [-0.39, 0.29) is 46.6 Å². The third kappa shape index (κ3) is 7.51. The van der Waals surface area contributed by atoms with Crippen LogP contribution in [0.2, 0.25) is 0 Å². The van der Waals surface area contributed by atoms with Gasteiger partial charge in [0, 0.05) is 35.2 Å². The van der Waals surface area contributed by atoms with Crippen molar-refractivity contribution < 1.29 is 27.9 Å². The highest BCUT2D eigenvalue weighted by molar-refractivity contribution is 8.93. The van der Waals surface area contributed by atoms with Crippen LogP contribution >= 0.6 is 17.0 Å². The van der Waals surface area contributed by atoms with Crippen LogP contribution in [0, 0.1) is 5.41 Å². The lowest BCUT2D eigenvalue weighted by Gasteiger charge is -2.26. The minimum absolute atomic E-state index is 0. The van der Waals surface area contributed by atoms with Gasteiger partial charge in [0.15, 0.2) is 22.2 Å². The number of rotatable bonds is 10. The van der Waals surface area contributed by atoms with Gasteiger partial charge in [0.05, 0.1) is 12.2 Å². The number of nitrogens with one attached hydrogen (secondary N) is 2. The average molecular weight is 598 g/mol. The Morgan fingerprint density at radius 1 is 1.24 bits per heavy atom. The van der Waals surface area contributed by atoms with Crippen molar-refractivity contribution in [1.82, 2.24) is 9.88 Å². The van der Waals surface area contributed by atoms with Gasteiger partial charge in [-0.05, 0) is 30.0 Å². The molecule has 2 aromatic rings. The summed E-state index contributed by atoms with van der Waals surface area (Å²) in [4.78, 5) is 30.7. The quantitative estimate of drug-likeness (QED) is 0.350. The highest BCUT2D eigenvalue weighted by atomic mass is 79.9. The molecule has 2 heterocycles. The Labute approximate surface area is 227 Å². The number of carboxylic acids is 1. The average Bonchev–Trinajstić information content (AvgIpc) is 3.09. The monoisotopic (exact) mass is 596 g/mol. The lowest BCUT2D eigenvalue weighted by Crippen LogP contribution is -2.31. The number of carboxylic acid groups (broad SMARTS) is 1. The molecule has 0 saturated heterocycles. The summed E-state index contributed by atoms with van der Waals surface area (Å²) in [5.74, 6) is -1.52. The van der Waals surface area contributed by atoms with Gasteiger partial charge in [-0.2, -0.15) is 0 Å². The smallest absolute Gasteiger partial charge is 0.341 e. The van der Waals surface area contributed by atoms with Crippen molar-refractivity contribution in [2.75, 3.05) is 30.6 Å². The molecule has 0 saturated carbocycles. The molecule has 0 bridgehead atoms. The van der Waals surface area contributed by atoms with E-state index in [0.29, 0.717) is 23.4 Å². The zero-order chi connectivity index (χ0) is 26.8. The van der Waals surface area contributed by atoms with Crippen LogP contribution < -0.4 is 10.1 Å². The Bertz CT molecular complexity index is 1320. The molecule has 1 aromatic heterocycles. The van der Waals surface area contributed by atoms with E-state index >= 15 is 0 Å². The number of aryl methyl sites for hydroxylation is 1. The van der Waals surface area contributed by atoms with Gasteiger partial charge in [-0.3, -0.25) is 10.2 Å². The first kappa shape index (κ1) is 30.2. The van der Waals surface area contributed by atoms with Gasteiger partial charge in [-0.15, -0.1) is 17.0 Å². The first-order chi connectivity index (χ1) is 16.7. The molecule has 3 N–H and O–H groups in total. The van der Waals surface area contributed by atoms with E-state index in [1.807, 2.05) is 39.8 Å². The second kappa shape index (κ2) is 11.6. The van der Waals surface area contributed by atoms with Crippen molar-refractivity contribution >= 4 is 50.1 Å². The molecule has 37 heavy (non-hydrogen) atoms. The summed E-state index contributed by atoms with van der Waals surface area (Å²) < 4.78 is 29.2. The third-order valence-corrected chi connectivity index (χ3v) is 6.39. The number of carbonyl (C=O) groups is 2. The first-order valence-corrected chi connectivity index (χ1v) is 13.6. The molecule has 202 valence electrons. The maximum atomic E-state index is 13.4. The van der Waals surface area contributed by atoms with Crippen LogP contribution in [0.3, 0.4) is 0 Å². The molecule has 10 nitrogen and oxygen atoms in total. The molecule has 0 unspecified atom stereocenters. The third-order valence-electron chi connectivity index (χ3n) is 5.72. The van der Waals surface area contributed by atoms with Crippen LogP contribution in [-0.4, -0.2) is 66.3 Å². The molecule has 0 atom stereocenters. The number of ether oxygens (including phenoxy) is 1. The number of hydrogen-bond acceptors (Lipinski definition) is 8. The van der Waals surface area contributed by atoms with Crippen LogP contribution in [-0.2, 0) is 33.0 Å². The van der Waals surface area contributed by atoms with Gasteiger partial charge in [0.25, 0.3) is 0 Å². The number of amidine groups is 1. The number of hydrogen-bond donors (Lipinski definition) is 3. The predicted molar refractivity (Wildman–Crippen MR) is 147 cm³/mol. The summed E-state index contributed by atoms with van der Waals surface area (Å²) in [5, 5.41) is 20.4. The fourth-order valence-electron chi connectivity index (χ4n) is 3.87. The second-order valence-corrected chi connectivity index (χ2v) is 12.0. The minimum Gasteiger partial charge on any atom is -0.479 e. The highest BCUT2D eigenvalue weighted by Crippen LogP contribution is 2.39. The Morgan fingerprint density at radius 2 is 1.92 bits per heavy atom. The summed E-state index contributed by atoms with van der Waals surface area (Å²) in [5.41, 5.74) is 2.84. The van der Waals surface area contributed by atoms with Crippen LogP contribution in [0.5, 0.6) is 5.75 Å². The molecular weight excluding hydrogens is 564 g/mol. The molecule has 1 aromatic carbocycles. The van der Waals surface area contributed by atoms with E-state index in [0.717, 1.165) is 23.9 Å². The van der Waals surface area contributed by atoms with E-state index < -0.39 is 33.7 Å². The number of aromatic nitrogens is 1. The summed E-state index contributed by atoms with van der Waals surface area (Å²) >= 11 is 0. The summed E-state index contributed by atoms with van der Waals surface area (Å²) in [7, 11) is -3.43. The molecule has 1 aliphatic rings. The van der Waals surface area contributed by atoms with Crippen LogP contribution in [0.15, 0.2) is 24.3 Å². The van der Waals surface area contributed by atoms with Crippen molar-refractivity contribution in [2.24, 2.45) is 0 Å². The highest BCUT2D eigenvalue weighted by Gasteiger charge is 2.30. The maximum absolute atomic E-state index is 13.4. The fraction of sp³-hybridized carbons (Fsp3) is 0.440. The topological polar surface area (TPSA) is 150 Å². The number of anilines is 1. The second-order valence-electron chi connectivity index (χ2n) is 9.87. The SMILES string of the molecule is Br.CCc1ccc2c(n1)C(=N)N(CC(=O)c1cc(NCS(C)(=O)=O)c(OCC(=O)O)c(C(C)(C)C)c1)C2. The van der Waals surface area contributed by atoms with E-state index in [2.05, 4.69) is 10.3 Å². The lowest BCUT2D eigenvalue weighted by molar-refractivity contribution is -0.139. The standard InChI is InChI=1S/C25H32N4O6S.BrH/c1-6-17-8-7-15-11-29(24(26)22(15)28-17)12-20(30)16-9-18(25(2,3)4)23(35-13-21(31)32)19(10-16)27-14-36(5,33)34;/h7-10,26-27H,6,11-14H2,1-5H3,(H,31,32);1H. The van der Waals surface area contributed by atoms with Gasteiger partial charge >= 0.3 is 5.97 Å². The summed E-state index contributed by atoms with van der Waals surface area (Å²) in [6.45, 7) is 7.33. The van der Waals surface area contributed by atoms with Crippen molar-refractivity contribution in [3.05, 3.63) is 52.3 Å². The van der Waals surface area contributed by atoms with E-state index in [1.54, 1.807) is 11.0 Å². The molecule has 3 rings (SSSR count). The number of sulfone groups is 1. The Kier molecular flexibility index (Phi) is 9.48. The van der Waals surface area contributed by atoms with Crippen LogP contribution in [0.25, 0.3) is 0 Å². The molecule has 12 heteroatoms. The number of pyridine rings is 1. The van der Waals surface area contributed by atoms with E-state index in [4.69, 9.17) is 15.3 Å². The number of aliphatic carboxylic acids is 1. The summed E-state index contributed by atoms with van der Waals surface area (Å²) in [6, 6.07) is 6.97. The lowest BCUT2D eigenvalue weighted by atomic mass is 9.84. The van der Waals surface area contributed by atoms with Crippen LogP contribution in [0.4, 0.5) is 5.69 Å². The largest absolute Gasteiger partial charge is 0.479 e. The zero-order valence-electron chi connectivity index (χ0n) is 21.5. The number of nitrogens with zero attached hydrogens (tertiary/aromatic N) is 2. The number of fused-ring (bicyclic) bond motifs is 1. The molecule has 0 radical (unpaired) electrons. The Morgan fingerprint density at radius 3 is 2.49 bits per heavy atom. The van der Waals surface area contributed by atoms with Gasteiger partial charge in [-0.1, -0.05) is 33.8 Å².